The zero-order valence-corrected chi connectivity index (χ0v) is 13.1. The van der Waals surface area contributed by atoms with E-state index in [0.717, 1.165) is 47.3 Å². The average Bonchev–Trinajstić information content (AvgIpc) is 2.83. The molecule has 2 N–H and O–H groups in total. The highest BCUT2D eigenvalue weighted by molar-refractivity contribution is 6.37. The lowest BCUT2D eigenvalue weighted by Gasteiger charge is -2.37. The molecule has 1 aliphatic rings. The number of fused-ring (bicyclic) bond motifs is 3. The van der Waals surface area contributed by atoms with Gasteiger partial charge in [-0.1, -0.05) is 36.7 Å². The molecule has 0 saturated carbocycles. The number of hydrogen-bond donors (Lipinski definition) is 1. The molecule has 0 amide bonds. The molecule has 0 spiro atoms. The minimum absolute atomic E-state index is 0.0244. The number of carbonyl (C=O) groups is 1. The van der Waals surface area contributed by atoms with Crippen molar-refractivity contribution < 1.29 is 4.79 Å². The lowest BCUT2D eigenvalue weighted by atomic mass is 9.72. The third-order valence-corrected chi connectivity index (χ3v) is 5.30. The Hall–Kier alpha value is -1.32. The molecule has 1 unspecified atom stereocenters. The molecular formula is C17H21ClN2O. The molecule has 4 heteroatoms. The maximum Gasteiger partial charge on any atom is 0.231 e. The van der Waals surface area contributed by atoms with Crippen molar-refractivity contribution in [1.82, 2.24) is 4.57 Å². The van der Waals surface area contributed by atoms with Gasteiger partial charge in [0, 0.05) is 17.2 Å². The van der Waals surface area contributed by atoms with Gasteiger partial charge in [-0.05, 0) is 38.3 Å². The van der Waals surface area contributed by atoms with E-state index in [1.807, 2.05) is 28.8 Å². The normalized spacial score (nSPS) is 21.8. The summed E-state index contributed by atoms with van der Waals surface area (Å²) in [4.78, 5) is 12.5. The van der Waals surface area contributed by atoms with Crippen molar-refractivity contribution in [1.29, 1.82) is 0 Å². The summed E-state index contributed by atoms with van der Waals surface area (Å²) in [5.41, 5.74) is 7.64. The van der Waals surface area contributed by atoms with Crippen LogP contribution in [0.4, 0.5) is 0 Å². The van der Waals surface area contributed by atoms with Gasteiger partial charge in [0.1, 0.15) is 0 Å². The maximum atomic E-state index is 12.5. The number of halogens is 1. The smallest absolute Gasteiger partial charge is 0.231 e. The fraction of sp³-hybridized carbons (Fsp3) is 0.471. The first-order chi connectivity index (χ1) is 10.1. The summed E-state index contributed by atoms with van der Waals surface area (Å²) in [5.74, 6) is 0.157. The topological polar surface area (TPSA) is 48.0 Å². The van der Waals surface area contributed by atoms with Crippen LogP contribution in [-0.2, 0) is 5.41 Å². The minimum atomic E-state index is -0.0244. The molecule has 0 bridgehead atoms. The molecule has 1 atom stereocenters. The van der Waals surface area contributed by atoms with Gasteiger partial charge in [0.15, 0.2) is 0 Å². The van der Waals surface area contributed by atoms with Crippen molar-refractivity contribution in [2.24, 2.45) is 5.73 Å². The first kappa shape index (κ1) is 14.6. The van der Waals surface area contributed by atoms with Crippen LogP contribution in [0.1, 0.15) is 49.5 Å². The van der Waals surface area contributed by atoms with E-state index in [4.69, 9.17) is 17.3 Å². The van der Waals surface area contributed by atoms with Crippen LogP contribution in [0.25, 0.3) is 10.9 Å². The zero-order valence-electron chi connectivity index (χ0n) is 12.4. The zero-order chi connectivity index (χ0) is 15.0. The third-order valence-electron chi connectivity index (χ3n) is 4.92. The number of nitrogens with zero attached hydrogens (tertiary/aromatic N) is 1. The molecule has 1 aromatic carbocycles. The Kier molecular flexibility index (Phi) is 3.80. The lowest BCUT2D eigenvalue weighted by molar-refractivity contribution is 0.0849. The number of para-hydroxylation sites is 1. The van der Waals surface area contributed by atoms with Crippen molar-refractivity contribution in [3.63, 3.8) is 0 Å². The second kappa shape index (κ2) is 5.47. The SMILES string of the molecule is CCC1(CCCN)CCC(=O)n2c1c(Cl)c1ccccc12. The van der Waals surface area contributed by atoms with E-state index in [1.165, 1.54) is 0 Å². The molecule has 0 aliphatic carbocycles. The number of hydrogen-bond acceptors (Lipinski definition) is 2. The van der Waals surface area contributed by atoms with Crippen LogP contribution in [-0.4, -0.2) is 17.0 Å². The monoisotopic (exact) mass is 304 g/mol. The second-order valence-corrected chi connectivity index (χ2v) is 6.31. The van der Waals surface area contributed by atoms with Crippen LogP contribution < -0.4 is 5.73 Å². The van der Waals surface area contributed by atoms with Crippen LogP contribution in [0.3, 0.4) is 0 Å². The fourth-order valence-corrected chi connectivity index (χ4v) is 4.16. The predicted octanol–water partition coefficient (Wildman–Crippen LogP) is 4.12. The van der Waals surface area contributed by atoms with E-state index in [1.54, 1.807) is 0 Å². The second-order valence-electron chi connectivity index (χ2n) is 5.93. The molecule has 0 saturated heterocycles. The summed E-state index contributed by atoms with van der Waals surface area (Å²) in [7, 11) is 0. The van der Waals surface area contributed by atoms with E-state index >= 15 is 0 Å². The Morgan fingerprint density at radius 3 is 2.86 bits per heavy atom. The Balaban J connectivity index is 2.28. The minimum Gasteiger partial charge on any atom is -0.330 e. The fourth-order valence-electron chi connectivity index (χ4n) is 3.71. The Morgan fingerprint density at radius 2 is 2.14 bits per heavy atom. The number of carbonyl (C=O) groups excluding carboxylic acids is 1. The van der Waals surface area contributed by atoms with E-state index in [-0.39, 0.29) is 11.3 Å². The van der Waals surface area contributed by atoms with E-state index in [2.05, 4.69) is 6.92 Å². The molecule has 2 aromatic rings. The van der Waals surface area contributed by atoms with Crippen LogP contribution in [0, 0.1) is 0 Å². The number of nitrogens with two attached hydrogens (primary N) is 1. The van der Waals surface area contributed by atoms with Gasteiger partial charge in [0.2, 0.25) is 5.91 Å². The van der Waals surface area contributed by atoms with Gasteiger partial charge in [-0.3, -0.25) is 9.36 Å². The first-order valence-corrected chi connectivity index (χ1v) is 8.05. The van der Waals surface area contributed by atoms with Crippen molar-refractivity contribution in [2.45, 2.75) is 44.4 Å². The number of rotatable bonds is 4. The highest BCUT2D eigenvalue weighted by atomic mass is 35.5. The van der Waals surface area contributed by atoms with Gasteiger partial charge in [-0.25, -0.2) is 0 Å². The summed E-state index contributed by atoms with van der Waals surface area (Å²) in [6, 6.07) is 7.91. The lowest BCUT2D eigenvalue weighted by Crippen LogP contribution is -2.37. The summed E-state index contributed by atoms with van der Waals surface area (Å²) >= 11 is 6.68. The van der Waals surface area contributed by atoms with Crippen LogP contribution in [0.2, 0.25) is 5.02 Å². The molecule has 3 nitrogen and oxygen atoms in total. The Labute approximate surface area is 130 Å². The number of aromatic nitrogens is 1. The maximum absolute atomic E-state index is 12.5. The third kappa shape index (κ3) is 2.11. The molecule has 21 heavy (non-hydrogen) atoms. The van der Waals surface area contributed by atoms with Crippen molar-refractivity contribution >= 4 is 28.4 Å². The van der Waals surface area contributed by atoms with Gasteiger partial charge < -0.3 is 5.73 Å². The molecule has 0 fully saturated rings. The molecule has 1 aliphatic heterocycles. The highest BCUT2D eigenvalue weighted by Crippen LogP contribution is 2.47. The average molecular weight is 305 g/mol. The number of benzene rings is 1. The predicted molar refractivity (Wildman–Crippen MR) is 87.1 cm³/mol. The van der Waals surface area contributed by atoms with Gasteiger partial charge in [-0.15, -0.1) is 0 Å². The van der Waals surface area contributed by atoms with Crippen molar-refractivity contribution in [3.8, 4) is 0 Å². The first-order valence-electron chi connectivity index (χ1n) is 7.67. The van der Waals surface area contributed by atoms with E-state index in [9.17, 15) is 4.79 Å². The standard InChI is InChI=1S/C17H21ClN2O/c1-2-17(9-5-11-19)10-8-14(21)20-13-7-4-3-6-12(13)15(18)16(17)20/h3-4,6-7H,2,5,8-11,19H2,1H3. The summed E-state index contributed by atoms with van der Waals surface area (Å²) in [6.07, 6.45) is 4.39. The van der Waals surface area contributed by atoms with Gasteiger partial charge in [-0.2, -0.15) is 0 Å². The van der Waals surface area contributed by atoms with E-state index < -0.39 is 0 Å². The van der Waals surface area contributed by atoms with Crippen molar-refractivity contribution in [2.75, 3.05) is 6.54 Å². The van der Waals surface area contributed by atoms with E-state index in [0.29, 0.717) is 13.0 Å². The Morgan fingerprint density at radius 1 is 1.38 bits per heavy atom. The molecule has 3 rings (SSSR count). The molecule has 1 aromatic heterocycles. The quantitative estimate of drug-likeness (QED) is 0.924. The van der Waals surface area contributed by atoms with Gasteiger partial charge in [0.25, 0.3) is 0 Å². The molecular weight excluding hydrogens is 284 g/mol. The molecule has 112 valence electrons. The van der Waals surface area contributed by atoms with Crippen LogP contribution in [0.15, 0.2) is 24.3 Å². The molecule has 2 heterocycles. The largest absolute Gasteiger partial charge is 0.330 e. The summed E-state index contributed by atoms with van der Waals surface area (Å²) < 4.78 is 1.86. The van der Waals surface area contributed by atoms with Crippen LogP contribution in [0.5, 0.6) is 0 Å². The van der Waals surface area contributed by atoms with Gasteiger partial charge >= 0.3 is 0 Å². The summed E-state index contributed by atoms with van der Waals surface area (Å²) in [6.45, 7) is 2.86. The van der Waals surface area contributed by atoms with Gasteiger partial charge in [0.05, 0.1) is 16.2 Å². The van der Waals surface area contributed by atoms with Crippen molar-refractivity contribution in [3.05, 3.63) is 35.0 Å². The summed E-state index contributed by atoms with van der Waals surface area (Å²) in [5, 5.41) is 1.73. The van der Waals surface area contributed by atoms with Crippen LogP contribution >= 0.6 is 11.6 Å². The Bertz CT molecular complexity index is 691. The highest BCUT2D eigenvalue weighted by Gasteiger charge is 2.41. The molecule has 0 radical (unpaired) electrons.